The van der Waals surface area contributed by atoms with Crippen LogP contribution < -0.4 is 4.74 Å². The molecule has 0 atom stereocenters. The first-order valence-electron chi connectivity index (χ1n) is 6.14. The Morgan fingerprint density at radius 1 is 1.26 bits per heavy atom. The number of aliphatic hydroxyl groups excluding tert-OH is 1. The minimum Gasteiger partial charge on any atom is -0.439 e. The molecule has 0 aliphatic heterocycles. The lowest BCUT2D eigenvalue weighted by Gasteiger charge is -2.10. The summed E-state index contributed by atoms with van der Waals surface area (Å²) in [7, 11) is 0. The van der Waals surface area contributed by atoms with Crippen LogP contribution >= 0.6 is 11.6 Å². The molecule has 3 nitrogen and oxygen atoms in total. The molecule has 0 amide bonds. The average Bonchev–Trinajstić information content (AvgIpc) is 2.41. The smallest absolute Gasteiger partial charge is 0.219 e. The number of ether oxygens (including phenoxy) is 1. The third-order valence-corrected chi connectivity index (χ3v) is 3.13. The van der Waals surface area contributed by atoms with E-state index in [2.05, 4.69) is 24.9 Å². The van der Waals surface area contributed by atoms with Crippen molar-refractivity contribution in [1.29, 1.82) is 0 Å². The van der Waals surface area contributed by atoms with Crippen molar-refractivity contribution in [1.82, 2.24) is 4.98 Å². The Labute approximate surface area is 117 Å². The summed E-state index contributed by atoms with van der Waals surface area (Å²) in [5.41, 5.74) is 1.62. The first kappa shape index (κ1) is 13.8. The van der Waals surface area contributed by atoms with Gasteiger partial charge in [-0.3, -0.25) is 0 Å². The number of pyridine rings is 1. The summed E-state index contributed by atoms with van der Waals surface area (Å²) < 4.78 is 5.69. The molecule has 2 aromatic rings. The van der Waals surface area contributed by atoms with Crippen molar-refractivity contribution < 1.29 is 9.84 Å². The van der Waals surface area contributed by atoms with Crippen LogP contribution in [0.4, 0.5) is 0 Å². The number of benzene rings is 1. The standard InChI is InChI=1S/C15H16ClNO2/c1-10(2)11-4-3-5-12(8-11)19-15-7-6-13(16)14(9-18)17-15/h3-8,10,18H,9H2,1-2H3. The molecule has 19 heavy (non-hydrogen) atoms. The van der Waals surface area contributed by atoms with Crippen LogP contribution in [0.15, 0.2) is 36.4 Å². The zero-order valence-electron chi connectivity index (χ0n) is 10.9. The van der Waals surface area contributed by atoms with Crippen molar-refractivity contribution in [2.75, 3.05) is 0 Å². The second-order valence-corrected chi connectivity index (χ2v) is 4.97. The fourth-order valence-corrected chi connectivity index (χ4v) is 1.85. The molecule has 0 unspecified atom stereocenters. The molecule has 1 N–H and O–H groups in total. The highest BCUT2D eigenvalue weighted by Crippen LogP contribution is 2.25. The van der Waals surface area contributed by atoms with Crippen LogP contribution in [0.3, 0.4) is 0 Å². The molecule has 1 heterocycles. The summed E-state index contributed by atoms with van der Waals surface area (Å²) in [4.78, 5) is 4.16. The molecular formula is C15H16ClNO2. The molecule has 0 fully saturated rings. The summed E-state index contributed by atoms with van der Waals surface area (Å²) in [6.45, 7) is 4.05. The topological polar surface area (TPSA) is 42.4 Å². The van der Waals surface area contributed by atoms with Crippen molar-refractivity contribution >= 4 is 11.6 Å². The molecule has 4 heteroatoms. The van der Waals surface area contributed by atoms with E-state index in [1.807, 2.05) is 18.2 Å². The van der Waals surface area contributed by atoms with Crippen molar-refractivity contribution in [3.8, 4) is 11.6 Å². The van der Waals surface area contributed by atoms with E-state index in [1.165, 1.54) is 5.56 Å². The molecular weight excluding hydrogens is 262 g/mol. The van der Waals surface area contributed by atoms with Gasteiger partial charge < -0.3 is 9.84 Å². The van der Waals surface area contributed by atoms with Gasteiger partial charge in [-0.15, -0.1) is 0 Å². The van der Waals surface area contributed by atoms with Gasteiger partial charge in [-0.05, 0) is 29.7 Å². The number of aliphatic hydroxyl groups is 1. The average molecular weight is 278 g/mol. The Balaban J connectivity index is 2.23. The van der Waals surface area contributed by atoms with Crippen LogP contribution in [0.1, 0.15) is 31.0 Å². The van der Waals surface area contributed by atoms with Gasteiger partial charge in [0.2, 0.25) is 5.88 Å². The maximum atomic E-state index is 9.12. The van der Waals surface area contributed by atoms with E-state index in [1.54, 1.807) is 12.1 Å². The minimum atomic E-state index is -0.206. The largest absolute Gasteiger partial charge is 0.439 e. The lowest BCUT2D eigenvalue weighted by Crippen LogP contribution is -1.95. The van der Waals surface area contributed by atoms with E-state index in [9.17, 15) is 0 Å². The molecule has 0 saturated heterocycles. The predicted octanol–water partition coefficient (Wildman–Crippen LogP) is 4.14. The first-order chi connectivity index (χ1) is 9.10. The van der Waals surface area contributed by atoms with Gasteiger partial charge in [-0.2, -0.15) is 0 Å². The Hall–Kier alpha value is -1.58. The molecule has 1 aromatic heterocycles. The van der Waals surface area contributed by atoms with Crippen LogP contribution in [-0.2, 0) is 6.61 Å². The highest BCUT2D eigenvalue weighted by atomic mass is 35.5. The molecule has 0 radical (unpaired) electrons. The van der Waals surface area contributed by atoms with Gasteiger partial charge in [-0.1, -0.05) is 37.6 Å². The second kappa shape index (κ2) is 6.04. The van der Waals surface area contributed by atoms with Crippen LogP contribution in [0, 0.1) is 0 Å². The number of aromatic nitrogens is 1. The second-order valence-electron chi connectivity index (χ2n) is 4.57. The molecule has 0 spiro atoms. The molecule has 0 aliphatic rings. The Morgan fingerprint density at radius 3 is 2.74 bits per heavy atom. The van der Waals surface area contributed by atoms with E-state index >= 15 is 0 Å². The summed E-state index contributed by atoms with van der Waals surface area (Å²) in [6.07, 6.45) is 0. The normalized spacial score (nSPS) is 10.8. The minimum absolute atomic E-state index is 0.206. The van der Waals surface area contributed by atoms with Crippen molar-refractivity contribution in [2.45, 2.75) is 26.4 Å². The number of hydrogen-bond donors (Lipinski definition) is 1. The Kier molecular flexibility index (Phi) is 4.40. The quantitative estimate of drug-likeness (QED) is 0.913. The van der Waals surface area contributed by atoms with Crippen LogP contribution in [0.5, 0.6) is 11.6 Å². The van der Waals surface area contributed by atoms with Crippen LogP contribution in [0.25, 0.3) is 0 Å². The lowest BCUT2D eigenvalue weighted by atomic mass is 10.0. The third kappa shape index (κ3) is 3.46. The molecule has 1 aromatic carbocycles. The van der Waals surface area contributed by atoms with E-state index in [0.29, 0.717) is 22.5 Å². The van der Waals surface area contributed by atoms with Gasteiger partial charge in [0.05, 0.1) is 17.3 Å². The van der Waals surface area contributed by atoms with Gasteiger partial charge in [0, 0.05) is 6.07 Å². The van der Waals surface area contributed by atoms with Gasteiger partial charge in [0.15, 0.2) is 0 Å². The number of rotatable bonds is 4. The van der Waals surface area contributed by atoms with Gasteiger partial charge in [0.1, 0.15) is 5.75 Å². The number of hydrogen-bond acceptors (Lipinski definition) is 3. The van der Waals surface area contributed by atoms with Gasteiger partial charge in [-0.25, -0.2) is 4.98 Å². The zero-order chi connectivity index (χ0) is 13.8. The number of nitrogens with zero attached hydrogens (tertiary/aromatic N) is 1. The van der Waals surface area contributed by atoms with Crippen LogP contribution in [0.2, 0.25) is 5.02 Å². The Morgan fingerprint density at radius 2 is 2.05 bits per heavy atom. The zero-order valence-corrected chi connectivity index (χ0v) is 11.7. The summed E-state index contributed by atoms with van der Waals surface area (Å²) in [6, 6.07) is 11.2. The predicted molar refractivity (Wildman–Crippen MR) is 75.8 cm³/mol. The third-order valence-electron chi connectivity index (χ3n) is 2.79. The maximum Gasteiger partial charge on any atom is 0.219 e. The summed E-state index contributed by atoms with van der Waals surface area (Å²) >= 11 is 5.89. The number of halogens is 1. The molecule has 0 saturated carbocycles. The Bertz CT molecular complexity index is 570. The van der Waals surface area contributed by atoms with Gasteiger partial charge in [0.25, 0.3) is 0 Å². The van der Waals surface area contributed by atoms with Crippen LogP contribution in [-0.4, -0.2) is 10.1 Å². The lowest BCUT2D eigenvalue weighted by molar-refractivity contribution is 0.275. The SMILES string of the molecule is CC(C)c1cccc(Oc2ccc(Cl)c(CO)n2)c1. The summed E-state index contributed by atoms with van der Waals surface area (Å²) in [5.74, 6) is 1.59. The highest BCUT2D eigenvalue weighted by Gasteiger charge is 2.06. The monoisotopic (exact) mass is 277 g/mol. The molecule has 2 rings (SSSR count). The van der Waals surface area contributed by atoms with Crippen molar-refractivity contribution in [3.63, 3.8) is 0 Å². The van der Waals surface area contributed by atoms with E-state index < -0.39 is 0 Å². The maximum absolute atomic E-state index is 9.12. The first-order valence-corrected chi connectivity index (χ1v) is 6.52. The molecule has 100 valence electrons. The molecule has 0 bridgehead atoms. The fourth-order valence-electron chi connectivity index (χ4n) is 1.69. The highest BCUT2D eigenvalue weighted by molar-refractivity contribution is 6.31. The van der Waals surface area contributed by atoms with E-state index in [4.69, 9.17) is 21.4 Å². The van der Waals surface area contributed by atoms with Crippen molar-refractivity contribution in [2.24, 2.45) is 0 Å². The van der Waals surface area contributed by atoms with Crippen molar-refractivity contribution in [3.05, 3.63) is 52.7 Å². The van der Waals surface area contributed by atoms with Gasteiger partial charge >= 0.3 is 0 Å². The fraction of sp³-hybridized carbons (Fsp3) is 0.267. The van der Waals surface area contributed by atoms with E-state index in [0.717, 1.165) is 5.75 Å². The summed E-state index contributed by atoms with van der Waals surface area (Å²) in [5, 5.41) is 9.56. The van der Waals surface area contributed by atoms with E-state index in [-0.39, 0.29) is 6.61 Å². The molecule has 0 aliphatic carbocycles.